The molecular weight excluding hydrogens is 368 g/mol. The van der Waals surface area contributed by atoms with Crippen molar-refractivity contribution >= 4 is 45.1 Å². The van der Waals surface area contributed by atoms with Gasteiger partial charge in [-0.1, -0.05) is 41.9 Å². The van der Waals surface area contributed by atoms with Crippen molar-refractivity contribution in [2.45, 2.75) is 0 Å². The SMILES string of the molecule is O=C(Oc1ccc([N+](=O)[O-])cc1)c1cccc2c(Cl)c3ccccc3nc12. The number of para-hydroxylation sites is 2. The second-order valence-corrected chi connectivity index (χ2v) is 6.16. The third-order valence-corrected chi connectivity index (χ3v) is 4.53. The van der Waals surface area contributed by atoms with E-state index in [1.807, 2.05) is 24.3 Å². The van der Waals surface area contributed by atoms with Gasteiger partial charge in [-0.2, -0.15) is 0 Å². The van der Waals surface area contributed by atoms with Crippen LogP contribution in [0, 0.1) is 10.1 Å². The second kappa shape index (κ2) is 6.66. The van der Waals surface area contributed by atoms with Gasteiger partial charge in [-0.25, -0.2) is 9.78 Å². The molecule has 0 aliphatic rings. The van der Waals surface area contributed by atoms with Crippen LogP contribution in [0.5, 0.6) is 5.75 Å². The zero-order valence-electron chi connectivity index (χ0n) is 13.8. The number of nitro benzene ring substituents is 1. The Morgan fingerprint density at radius 1 is 0.963 bits per heavy atom. The summed E-state index contributed by atoms with van der Waals surface area (Å²) < 4.78 is 5.35. The molecule has 0 bridgehead atoms. The highest BCUT2D eigenvalue weighted by atomic mass is 35.5. The minimum atomic E-state index is -0.617. The molecule has 0 aliphatic carbocycles. The Labute approximate surface area is 158 Å². The van der Waals surface area contributed by atoms with Gasteiger partial charge in [-0.15, -0.1) is 0 Å². The van der Waals surface area contributed by atoms with E-state index in [-0.39, 0.29) is 17.0 Å². The minimum Gasteiger partial charge on any atom is -0.423 e. The summed E-state index contributed by atoms with van der Waals surface area (Å²) in [4.78, 5) is 27.4. The number of ether oxygens (including phenoxy) is 1. The maximum atomic E-state index is 12.7. The summed E-state index contributed by atoms with van der Waals surface area (Å²) in [6, 6.07) is 17.8. The molecule has 7 heteroatoms. The van der Waals surface area contributed by atoms with Crippen LogP contribution in [-0.2, 0) is 0 Å². The number of benzene rings is 3. The van der Waals surface area contributed by atoms with E-state index in [2.05, 4.69) is 4.98 Å². The molecule has 0 spiro atoms. The number of hydrogen-bond acceptors (Lipinski definition) is 5. The lowest BCUT2D eigenvalue weighted by Crippen LogP contribution is -2.10. The van der Waals surface area contributed by atoms with Crippen LogP contribution in [0.4, 0.5) is 5.69 Å². The molecule has 0 amide bonds. The lowest BCUT2D eigenvalue weighted by Gasteiger charge is -2.09. The number of halogens is 1. The molecule has 1 aromatic heterocycles. The fourth-order valence-corrected chi connectivity index (χ4v) is 3.14. The Hall–Kier alpha value is -3.51. The number of nitrogens with zero attached hydrogens (tertiary/aromatic N) is 2. The third kappa shape index (κ3) is 3.07. The number of aromatic nitrogens is 1. The van der Waals surface area contributed by atoms with E-state index in [0.717, 1.165) is 5.39 Å². The zero-order chi connectivity index (χ0) is 19.0. The first-order chi connectivity index (χ1) is 13.0. The Morgan fingerprint density at radius 2 is 1.67 bits per heavy atom. The van der Waals surface area contributed by atoms with E-state index < -0.39 is 10.9 Å². The van der Waals surface area contributed by atoms with Gasteiger partial charge in [-0.3, -0.25) is 10.1 Å². The molecule has 0 fully saturated rings. The molecule has 0 atom stereocenters. The summed E-state index contributed by atoms with van der Waals surface area (Å²) in [5.41, 5.74) is 1.29. The predicted octanol–water partition coefficient (Wildman–Crippen LogP) is 5.17. The number of carbonyl (C=O) groups is 1. The molecule has 4 rings (SSSR count). The van der Waals surface area contributed by atoms with Gasteiger partial charge in [0.25, 0.3) is 5.69 Å². The molecule has 3 aromatic carbocycles. The van der Waals surface area contributed by atoms with Crippen LogP contribution >= 0.6 is 11.6 Å². The molecule has 132 valence electrons. The van der Waals surface area contributed by atoms with Crippen molar-refractivity contribution in [3.63, 3.8) is 0 Å². The Bertz CT molecular complexity index is 1210. The van der Waals surface area contributed by atoms with Crippen molar-refractivity contribution < 1.29 is 14.5 Å². The average molecular weight is 379 g/mol. The lowest BCUT2D eigenvalue weighted by molar-refractivity contribution is -0.384. The Morgan fingerprint density at radius 3 is 2.41 bits per heavy atom. The minimum absolute atomic E-state index is 0.0834. The van der Waals surface area contributed by atoms with Crippen molar-refractivity contribution in [2.75, 3.05) is 0 Å². The molecule has 0 radical (unpaired) electrons. The number of pyridine rings is 1. The van der Waals surface area contributed by atoms with Crippen molar-refractivity contribution in [1.29, 1.82) is 0 Å². The molecule has 0 aliphatic heterocycles. The first kappa shape index (κ1) is 16.9. The smallest absolute Gasteiger partial charge is 0.345 e. The number of hydrogen-bond donors (Lipinski definition) is 0. The molecule has 27 heavy (non-hydrogen) atoms. The quantitative estimate of drug-likeness (QED) is 0.161. The van der Waals surface area contributed by atoms with Crippen molar-refractivity contribution in [3.8, 4) is 5.75 Å². The summed E-state index contributed by atoms with van der Waals surface area (Å²) in [5.74, 6) is -0.414. The average Bonchev–Trinajstić information content (AvgIpc) is 2.68. The topological polar surface area (TPSA) is 82.3 Å². The van der Waals surface area contributed by atoms with Crippen LogP contribution in [0.1, 0.15) is 10.4 Å². The van der Waals surface area contributed by atoms with Gasteiger partial charge in [0.05, 0.1) is 26.5 Å². The molecule has 6 nitrogen and oxygen atoms in total. The van der Waals surface area contributed by atoms with E-state index in [1.54, 1.807) is 18.2 Å². The molecular formula is C20H11ClN2O4. The van der Waals surface area contributed by atoms with Crippen molar-refractivity contribution in [3.05, 3.63) is 87.4 Å². The van der Waals surface area contributed by atoms with E-state index in [1.165, 1.54) is 24.3 Å². The first-order valence-corrected chi connectivity index (χ1v) is 8.36. The largest absolute Gasteiger partial charge is 0.423 e. The first-order valence-electron chi connectivity index (χ1n) is 7.98. The maximum absolute atomic E-state index is 12.7. The summed E-state index contributed by atoms with van der Waals surface area (Å²) >= 11 is 6.50. The number of carbonyl (C=O) groups excluding carboxylic acids is 1. The van der Waals surface area contributed by atoms with Crippen molar-refractivity contribution in [1.82, 2.24) is 4.98 Å². The van der Waals surface area contributed by atoms with Crippen LogP contribution in [0.3, 0.4) is 0 Å². The monoisotopic (exact) mass is 378 g/mol. The summed E-state index contributed by atoms with van der Waals surface area (Å²) in [6.07, 6.45) is 0. The summed E-state index contributed by atoms with van der Waals surface area (Å²) in [5, 5.41) is 12.7. The highest BCUT2D eigenvalue weighted by Gasteiger charge is 2.17. The molecule has 0 N–H and O–H groups in total. The third-order valence-electron chi connectivity index (χ3n) is 4.12. The Kier molecular flexibility index (Phi) is 4.18. The van der Waals surface area contributed by atoms with E-state index in [0.29, 0.717) is 21.4 Å². The number of fused-ring (bicyclic) bond motifs is 2. The number of rotatable bonds is 3. The summed E-state index contributed by atoms with van der Waals surface area (Å²) in [7, 11) is 0. The van der Waals surface area contributed by atoms with Crippen LogP contribution in [0.25, 0.3) is 21.8 Å². The van der Waals surface area contributed by atoms with Gasteiger partial charge in [0.1, 0.15) is 5.75 Å². The van der Waals surface area contributed by atoms with E-state index in [4.69, 9.17) is 16.3 Å². The molecule has 4 aromatic rings. The van der Waals surface area contributed by atoms with Crippen LogP contribution in [-0.4, -0.2) is 15.9 Å². The van der Waals surface area contributed by atoms with Gasteiger partial charge in [0.2, 0.25) is 0 Å². The zero-order valence-corrected chi connectivity index (χ0v) is 14.5. The number of nitro groups is 1. The maximum Gasteiger partial charge on any atom is 0.345 e. The normalized spacial score (nSPS) is 10.9. The van der Waals surface area contributed by atoms with Crippen molar-refractivity contribution in [2.24, 2.45) is 0 Å². The fourth-order valence-electron chi connectivity index (χ4n) is 2.83. The lowest BCUT2D eigenvalue weighted by atomic mass is 10.1. The van der Waals surface area contributed by atoms with Crippen LogP contribution in [0.15, 0.2) is 66.7 Å². The molecule has 0 saturated heterocycles. The molecule has 1 heterocycles. The standard InChI is InChI=1S/C20H11ClN2O4/c21-18-14-4-1-2-7-17(14)22-19-15(18)5-3-6-16(19)20(24)27-13-10-8-12(9-11-13)23(25)26/h1-11H. The van der Waals surface area contributed by atoms with Gasteiger partial charge >= 0.3 is 5.97 Å². The van der Waals surface area contributed by atoms with Gasteiger partial charge in [0.15, 0.2) is 0 Å². The van der Waals surface area contributed by atoms with Gasteiger partial charge in [0, 0.05) is 22.9 Å². The van der Waals surface area contributed by atoms with Crippen LogP contribution < -0.4 is 4.74 Å². The number of esters is 1. The fraction of sp³-hybridized carbons (Fsp3) is 0. The Balaban J connectivity index is 1.76. The molecule has 0 unspecified atom stereocenters. The van der Waals surface area contributed by atoms with E-state index >= 15 is 0 Å². The second-order valence-electron chi connectivity index (χ2n) is 5.79. The van der Waals surface area contributed by atoms with Crippen LogP contribution in [0.2, 0.25) is 5.02 Å². The highest BCUT2D eigenvalue weighted by Crippen LogP contribution is 2.32. The van der Waals surface area contributed by atoms with Gasteiger partial charge in [-0.05, 0) is 24.3 Å². The highest BCUT2D eigenvalue weighted by molar-refractivity contribution is 6.40. The predicted molar refractivity (Wildman–Crippen MR) is 102 cm³/mol. The van der Waals surface area contributed by atoms with Gasteiger partial charge < -0.3 is 4.74 Å². The molecule has 0 saturated carbocycles. The summed E-state index contributed by atoms with van der Waals surface area (Å²) in [6.45, 7) is 0. The van der Waals surface area contributed by atoms with E-state index in [9.17, 15) is 14.9 Å². The number of non-ortho nitro benzene ring substituents is 1.